The van der Waals surface area contributed by atoms with Gasteiger partial charge in [-0.1, -0.05) is 0 Å². The summed E-state index contributed by atoms with van der Waals surface area (Å²) in [6.45, 7) is 2.17. The Bertz CT molecular complexity index is 87.1. The van der Waals surface area contributed by atoms with E-state index in [2.05, 4.69) is 0 Å². The maximum atomic E-state index is 5.66. The highest BCUT2D eigenvalue weighted by molar-refractivity contribution is 4.77. The zero-order valence-electron chi connectivity index (χ0n) is 5.67. The lowest BCUT2D eigenvalue weighted by Crippen LogP contribution is -2.31. The van der Waals surface area contributed by atoms with Gasteiger partial charge in [-0.15, -0.1) is 0 Å². The van der Waals surface area contributed by atoms with Crippen molar-refractivity contribution in [2.24, 2.45) is 11.7 Å². The van der Waals surface area contributed by atoms with Gasteiger partial charge in [0.1, 0.15) is 0 Å². The molecule has 0 radical (unpaired) electrons. The summed E-state index contributed by atoms with van der Waals surface area (Å²) >= 11 is 0. The van der Waals surface area contributed by atoms with E-state index in [4.69, 9.17) is 15.2 Å². The van der Waals surface area contributed by atoms with Crippen molar-refractivity contribution in [2.75, 3.05) is 26.9 Å². The first-order chi connectivity index (χ1) is 4.34. The van der Waals surface area contributed by atoms with E-state index in [9.17, 15) is 0 Å². The van der Waals surface area contributed by atoms with Crippen molar-refractivity contribution in [3.05, 3.63) is 0 Å². The highest BCUT2D eigenvalue weighted by Crippen LogP contribution is 2.10. The Morgan fingerprint density at radius 3 is 2.89 bits per heavy atom. The molecule has 1 heterocycles. The molecule has 1 saturated heterocycles. The Morgan fingerprint density at radius 1 is 1.67 bits per heavy atom. The summed E-state index contributed by atoms with van der Waals surface area (Å²) in [4.78, 5) is 0. The number of nitrogens with two attached hydrogens (primary N) is 1. The van der Waals surface area contributed by atoms with E-state index in [1.54, 1.807) is 7.11 Å². The molecule has 2 N–H and O–H groups in total. The summed E-state index contributed by atoms with van der Waals surface area (Å²) in [6, 6.07) is 0.185. The van der Waals surface area contributed by atoms with Crippen LogP contribution in [-0.2, 0) is 9.47 Å². The molecule has 2 atom stereocenters. The molecule has 1 aliphatic rings. The van der Waals surface area contributed by atoms with Crippen LogP contribution in [0.5, 0.6) is 0 Å². The predicted molar refractivity (Wildman–Crippen MR) is 34.2 cm³/mol. The third kappa shape index (κ3) is 1.64. The fourth-order valence-corrected chi connectivity index (χ4v) is 1.00. The lowest BCUT2D eigenvalue weighted by Gasteiger charge is -2.10. The molecule has 0 aliphatic carbocycles. The van der Waals surface area contributed by atoms with E-state index in [-0.39, 0.29) is 6.04 Å². The molecule has 1 rings (SSSR count). The Labute approximate surface area is 55.1 Å². The summed E-state index contributed by atoms with van der Waals surface area (Å²) in [5, 5.41) is 0. The van der Waals surface area contributed by atoms with Crippen LogP contribution in [0.15, 0.2) is 0 Å². The fraction of sp³-hybridized carbons (Fsp3) is 1.00. The van der Waals surface area contributed by atoms with Crippen molar-refractivity contribution in [2.45, 2.75) is 6.04 Å². The Hall–Kier alpha value is -0.120. The highest BCUT2D eigenvalue weighted by atomic mass is 16.5. The lowest BCUT2D eigenvalue weighted by molar-refractivity contribution is 0.128. The Kier molecular flexibility index (Phi) is 2.45. The zero-order valence-corrected chi connectivity index (χ0v) is 5.67. The van der Waals surface area contributed by atoms with Crippen molar-refractivity contribution in [3.8, 4) is 0 Å². The van der Waals surface area contributed by atoms with Crippen molar-refractivity contribution >= 4 is 0 Å². The van der Waals surface area contributed by atoms with Gasteiger partial charge in [0.2, 0.25) is 0 Å². The first kappa shape index (κ1) is 6.99. The normalized spacial score (nSPS) is 35.3. The topological polar surface area (TPSA) is 44.5 Å². The minimum Gasteiger partial charge on any atom is -0.384 e. The second-order valence-electron chi connectivity index (χ2n) is 2.42. The third-order valence-corrected chi connectivity index (χ3v) is 1.63. The van der Waals surface area contributed by atoms with Crippen LogP contribution in [-0.4, -0.2) is 33.0 Å². The third-order valence-electron chi connectivity index (χ3n) is 1.63. The molecule has 9 heavy (non-hydrogen) atoms. The van der Waals surface area contributed by atoms with Gasteiger partial charge >= 0.3 is 0 Å². The van der Waals surface area contributed by atoms with Crippen molar-refractivity contribution in [1.29, 1.82) is 0 Å². The smallest absolute Gasteiger partial charge is 0.0622 e. The predicted octanol–water partition coefficient (Wildman–Crippen LogP) is -0.393. The van der Waals surface area contributed by atoms with E-state index in [1.807, 2.05) is 0 Å². The standard InChI is InChI=1S/C6H13NO2/c1-8-2-5-3-9-4-6(5)7/h5-6H,2-4,7H2,1H3/t5-,6-/m0/s1. The molecule has 0 aromatic rings. The zero-order chi connectivity index (χ0) is 6.69. The SMILES string of the molecule is COC[C@H]1COC[C@@H]1N. The molecule has 0 unspecified atom stereocenters. The summed E-state index contributed by atoms with van der Waals surface area (Å²) in [5.74, 6) is 0.412. The molecule has 3 heteroatoms. The van der Waals surface area contributed by atoms with Crippen LogP contribution in [0, 0.1) is 5.92 Å². The van der Waals surface area contributed by atoms with E-state index in [0.717, 1.165) is 13.2 Å². The van der Waals surface area contributed by atoms with Crippen LogP contribution in [0.25, 0.3) is 0 Å². The first-order valence-electron chi connectivity index (χ1n) is 3.17. The average Bonchev–Trinajstić information content (AvgIpc) is 2.18. The second-order valence-corrected chi connectivity index (χ2v) is 2.42. The largest absolute Gasteiger partial charge is 0.384 e. The van der Waals surface area contributed by atoms with Gasteiger partial charge < -0.3 is 15.2 Å². The number of hydrogen-bond acceptors (Lipinski definition) is 3. The van der Waals surface area contributed by atoms with Gasteiger partial charge in [-0.3, -0.25) is 0 Å². The first-order valence-corrected chi connectivity index (χ1v) is 3.17. The molecule has 1 aliphatic heterocycles. The molecular weight excluding hydrogens is 118 g/mol. The summed E-state index contributed by atoms with van der Waals surface area (Å²) in [5.41, 5.74) is 5.66. The maximum Gasteiger partial charge on any atom is 0.0622 e. The monoisotopic (exact) mass is 131 g/mol. The molecule has 0 aromatic heterocycles. The van der Waals surface area contributed by atoms with E-state index in [1.165, 1.54) is 0 Å². The van der Waals surface area contributed by atoms with Crippen LogP contribution in [0.4, 0.5) is 0 Å². The Morgan fingerprint density at radius 2 is 2.44 bits per heavy atom. The van der Waals surface area contributed by atoms with Gasteiger partial charge in [0.25, 0.3) is 0 Å². The number of hydrogen-bond donors (Lipinski definition) is 1. The minimum atomic E-state index is 0.185. The van der Waals surface area contributed by atoms with Crippen LogP contribution in [0.3, 0.4) is 0 Å². The molecule has 0 spiro atoms. The van der Waals surface area contributed by atoms with Gasteiger partial charge in [0.15, 0.2) is 0 Å². The Balaban J connectivity index is 2.22. The summed E-state index contributed by atoms with van der Waals surface area (Å²) in [6.07, 6.45) is 0. The number of rotatable bonds is 2. The van der Waals surface area contributed by atoms with E-state index >= 15 is 0 Å². The van der Waals surface area contributed by atoms with Crippen LogP contribution < -0.4 is 5.73 Å². The van der Waals surface area contributed by atoms with E-state index in [0.29, 0.717) is 12.5 Å². The van der Waals surface area contributed by atoms with Gasteiger partial charge in [0.05, 0.1) is 19.8 Å². The van der Waals surface area contributed by atoms with Crippen molar-refractivity contribution < 1.29 is 9.47 Å². The van der Waals surface area contributed by atoms with Gasteiger partial charge in [-0.2, -0.15) is 0 Å². The van der Waals surface area contributed by atoms with Crippen LogP contribution in [0.1, 0.15) is 0 Å². The summed E-state index contributed by atoms with van der Waals surface area (Å²) in [7, 11) is 1.69. The number of methoxy groups -OCH3 is 1. The van der Waals surface area contributed by atoms with E-state index < -0.39 is 0 Å². The highest BCUT2D eigenvalue weighted by Gasteiger charge is 2.23. The molecule has 54 valence electrons. The molecule has 0 amide bonds. The lowest BCUT2D eigenvalue weighted by atomic mass is 10.1. The minimum absolute atomic E-state index is 0.185. The quantitative estimate of drug-likeness (QED) is 0.555. The summed E-state index contributed by atoms with van der Waals surface area (Å²) < 4.78 is 10.1. The fourth-order valence-electron chi connectivity index (χ4n) is 1.00. The van der Waals surface area contributed by atoms with Crippen molar-refractivity contribution in [3.63, 3.8) is 0 Å². The molecule has 3 nitrogen and oxygen atoms in total. The number of ether oxygens (including phenoxy) is 2. The molecule has 0 saturated carbocycles. The molecule has 0 aromatic carbocycles. The van der Waals surface area contributed by atoms with Crippen molar-refractivity contribution in [1.82, 2.24) is 0 Å². The van der Waals surface area contributed by atoms with Gasteiger partial charge in [-0.25, -0.2) is 0 Å². The van der Waals surface area contributed by atoms with Crippen LogP contribution in [0.2, 0.25) is 0 Å². The maximum absolute atomic E-state index is 5.66. The molecule has 1 fully saturated rings. The molecule has 0 bridgehead atoms. The average molecular weight is 131 g/mol. The second kappa shape index (κ2) is 3.15. The molecular formula is C6H13NO2. The van der Waals surface area contributed by atoms with Gasteiger partial charge in [0, 0.05) is 19.1 Å². The van der Waals surface area contributed by atoms with Crippen LogP contribution >= 0.6 is 0 Å². The van der Waals surface area contributed by atoms with Gasteiger partial charge in [-0.05, 0) is 0 Å².